The van der Waals surface area contributed by atoms with Gasteiger partial charge in [-0.25, -0.2) is 0 Å². The number of ether oxygens (including phenoxy) is 6. The highest BCUT2D eigenvalue weighted by atomic mass is 16.8. The summed E-state index contributed by atoms with van der Waals surface area (Å²) < 4.78 is 35.1. The van der Waals surface area contributed by atoms with Crippen LogP contribution in [-0.2, 0) is 33.2 Å². The van der Waals surface area contributed by atoms with Crippen LogP contribution in [0.25, 0.3) is 0 Å². The fraction of sp³-hybridized carbons (Fsp3) is 0.964. The van der Waals surface area contributed by atoms with Crippen LogP contribution in [0.4, 0.5) is 0 Å². The quantitative estimate of drug-likeness (QED) is 0.0939. The van der Waals surface area contributed by atoms with E-state index in [9.17, 15) is 45.6 Å². The van der Waals surface area contributed by atoms with E-state index < -0.39 is 134 Å². The highest BCUT2D eigenvalue weighted by molar-refractivity contribution is 5.86. The van der Waals surface area contributed by atoms with Crippen LogP contribution in [-0.4, -0.2) is 194 Å². The molecule has 5 rings (SSSR count). The minimum absolute atomic E-state index is 0.00478. The van der Waals surface area contributed by atoms with Gasteiger partial charge in [-0.15, -0.1) is 0 Å². The number of carbonyl (C=O) groups is 1. The third kappa shape index (κ3) is 7.67. The lowest BCUT2D eigenvalue weighted by Gasteiger charge is -2.48. The zero-order chi connectivity index (χ0) is 36.8. The van der Waals surface area contributed by atoms with Gasteiger partial charge in [0.05, 0.1) is 24.7 Å². The molecule has 2 aliphatic carbocycles. The normalized spacial score (nSPS) is 52.8. The smallest absolute Gasteiger partial charge is 0.252 e. The van der Waals surface area contributed by atoms with Crippen LogP contribution in [0.2, 0.25) is 0 Å². The lowest BCUT2D eigenvalue weighted by molar-refractivity contribution is -0.307. The van der Waals surface area contributed by atoms with E-state index >= 15 is 0 Å². The predicted molar refractivity (Wildman–Crippen MR) is 164 cm³/mol. The average Bonchev–Trinajstić information content (AvgIpc) is 3.37. The number of aliphatic hydroxyl groups is 8. The molecule has 0 spiro atoms. The van der Waals surface area contributed by atoms with E-state index in [2.05, 4.69) is 5.32 Å². The molecule has 3 saturated heterocycles. The van der Waals surface area contributed by atoms with E-state index in [0.717, 1.165) is 0 Å². The van der Waals surface area contributed by atoms with Crippen molar-refractivity contribution in [1.29, 1.82) is 0 Å². The molecule has 19 atom stereocenters. The number of carbonyl (C=O) groups excluding carboxylic acids is 1. The average molecular weight is 728 g/mol. The molecule has 0 aromatic heterocycles. The first kappa shape index (κ1) is 39.9. The molecule has 0 aromatic carbocycles. The Morgan fingerprint density at radius 3 is 1.64 bits per heavy atom. The van der Waals surface area contributed by atoms with Gasteiger partial charge in [0, 0.05) is 38.0 Å². The monoisotopic (exact) mass is 727 g/mol. The highest BCUT2D eigenvalue weighted by Gasteiger charge is 2.56. The van der Waals surface area contributed by atoms with Crippen molar-refractivity contribution in [3.63, 3.8) is 0 Å². The van der Waals surface area contributed by atoms with Crippen LogP contribution in [0.3, 0.4) is 0 Å². The Morgan fingerprint density at radius 2 is 1.16 bits per heavy atom. The first-order chi connectivity index (χ1) is 23.5. The molecule has 0 radical (unpaired) electrons. The zero-order valence-corrected chi connectivity index (χ0v) is 27.2. The number of amides is 1. The van der Waals surface area contributed by atoms with E-state index in [1.54, 1.807) is 0 Å². The summed E-state index contributed by atoms with van der Waals surface area (Å²) in [5, 5.41) is 87.8. The van der Waals surface area contributed by atoms with Crippen molar-refractivity contribution in [2.45, 2.75) is 147 Å². The van der Waals surface area contributed by atoms with Crippen LogP contribution in [0, 0.1) is 0 Å². The lowest BCUT2D eigenvalue weighted by atomic mass is 9.75. The molecule has 5 aliphatic rings. The van der Waals surface area contributed by atoms with Gasteiger partial charge in [0.25, 0.3) is 5.91 Å². The standard InChI is InChI=1S/C28H53N7O15/c29-4-10-16(38)18(40)13(33)24(45-10)48-21-8(32)1-9(35-27(43)28(44)2-7(31)3-28)15(37)23(21)50-26-20(42)22(12(6-36)47-26)49-25-14(34)19(41)17(39)11(5-30)46-25/h7-26,36-42,44H,1-6,29-34H2,(H,35,43)/t7-,8-,9+,10+,11-,12+,13+,14+,15-,16+,17+,18-,19+,20+,21+,22+,23+,24+,25+,26-,28-/m0/s1. The molecule has 0 unspecified atom stereocenters. The SMILES string of the molecule is NC[C@@H]1O[C@H](O[C@H]2[C@@H](O)[C@H](O[C@@H]3[C@@H](O)[C@H](NC(=O)[C@]4(O)C[C@H](N)C4)C[C@H](N)[C@H]3O[C@H]3O[C@H](CN)[C@@H](O)[C@@H](O)[C@H]3N)O[C@@H]2CO)[C@H](N)[C@@H](O)[C@@H]1O. The molecule has 0 bridgehead atoms. The summed E-state index contributed by atoms with van der Waals surface area (Å²) in [6, 6.07) is -5.20. The van der Waals surface area contributed by atoms with Crippen molar-refractivity contribution < 1.29 is 74.1 Å². The van der Waals surface area contributed by atoms with Crippen molar-refractivity contribution in [3.05, 3.63) is 0 Å². The zero-order valence-electron chi connectivity index (χ0n) is 27.2. The first-order valence-corrected chi connectivity index (χ1v) is 16.6. The summed E-state index contributed by atoms with van der Waals surface area (Å²) in [7, 11) is 0. The van der Waals surface area contributed by atoms with Gasteiger partial charge in [-0.3, -0.25) is 4.79 Å². The fourth-order valence-electron chi connectivity index (χ4n) is 7.15. The molecule has 22 nitrogen and oxygen atoms in total. The van der Waals surface area contributed by atoms with E-state index in [0.29, 0.717) is 0 Å². The summed E-state index contributed by atoms with van der Waals surface area (Å²) in [6.07, 6.45) is -21.6. The van der Waals surface area contributed by atoms with Crippen molar-refractivity contribution in [3.8, 4) is 0 Å². The molecule has 21 N–H and O–H groups in total. The summed E-state index contributed by atoms with van der Waals surface area (Å²) in [5.41, 5.74) is 34.0. The molecular weight excluding hydrogens is 674 g/mol. The third-order valence-electron chi connectivity index (χ3n) is 10.3. The summed E-state index contributed by atoms with van der Waals surface area (Å²) >= 11 is 0. The highest BCUT2D eigenvalue weighted by Crippen LogP contribution is 2.36. The molecule has 290 valence electrons. The predicted octanol–water partition coefficient (Wildman–Crippen LogP) is -9.89. The van der Waals surface area contributed by atoms with Gasteiger partial charge in [0.2, 0.25) is 0 Å². The van der Waals surface area contributed by atoms with Crippen molar-refractivity contribution >= 4 is 5.91 Å². The Morgan fingerprint density at radius 1 is 0.680 bits per heavy atom. The van der Waals surface area contributed by atoms with Crippen LogP contribution in [0.1, 0.15) is 19.3 Å². The van der Waals surface area contributed by atoms with Crippen molar-refractivity contribution in [2.24, 2.45) is 34.4 Å². The first-order valence-electron chi connectivity index (χ1n) is 16.6. The van der Waals surface area contributed by atoms with Crippen molar-refractivity contribution in [2.75, 3.05) is 19.7 Å². The third-order valence-corrected chi connectivity index (χ3v) is 10.3. The maximum absolute atomic E-state index is 13.0. The molecule has 3 heterocycles. The minimum atomic E-state index is -1.76. The molecule has 50 heavy (non-hydrogen) atoms. The molecule has 2 saturated carbocycles. The van der Waals surface area contributed by atoms with Gasteiger partial charge < -0.3 is 109 Å². The van der Waals surface area contributed by atoms with Gasteiger partial charge in [-0.05, 0) is 6.42 Å². The second kappa shape index (κ2) is 16.0. The van der Waals surface area contributed by atoms with E-state index in [-0.39, 0.29) is 38.4 Å². The molecule has 5 fully saturated rings. The molecule has 22 heteroatoms. The Kier molecular flexibility index (Phi) is 12.7. The topological polar surface area (TPSA) is 402 Å². The van der Waals surface area contributed by atoms with Gasteiger partial charge in [0.15, 0.2) is 18.9 Å². The maximum atomic E-state index is 13.0. The Balaban J connectivity index is 1.36. The number of hydrogen-bond acceptors (Lipinski definition) is 21. The molecule has 0 aromatic rings. The second-order valence-electron chi connectivity index (χ2n) is 13.9. The Hall–Kier alpha value is -1.33. The van der Waals surface area contributed by atoms with Crippen LogP contribution >= 0.6 is 0 Å². The second-order valence-corrected chi connectivity index (χ2v) is 13.9. The lowest BCUT2D eigenvalue weighted by Crippen LogP contribution is -2.70. The summed E-state index contributed by atoms with van der Waals surface area (Å²) in [4.78, 5) is 13.0. The Labute approximate surface area is 286 Å². The maximum Gasteiger partial charge on any atom is 0.252 e. The van der Waals surface area contributed by atoms with Gasteiger partial charge >= 0.3 is 0 Å². The number of aliphatic hydroxyl groups excluding tert-OH is 7. The number of rotatable bonds is 11. The largest absolute Gasteiger partial charge is 0.394 e. The van der Waals surface area contributed by atoms with Crippen LogP contribution in [0.15, 0.2) is 0 Å². The van der Waals surface area contributed by atoms with Gasteiger partial charge in [-0.1, -0.05) is 0 Å². The number of nitrogens with one attached hydrogen (secondary N) is 1. The van der Waals surface area contributed by atoms with Gasteiger partial charge in [0.1, 0.15) is 78.8 Å². The van der Waals surface area contributed by atoms with E-state index in [1.165, 1.54) is 0 Å². The van der Waals surface area contributed by atoms with Gasteiger partial charge in [-0.2, -0.15) is 0 Å². The van der Waals surface area contributed by atoms with Crippen LogP contribution in [0.5, 0.6) is 0 Å². The number of hydrogen-bond donors (Lipinski definition) is 15. The minimum Gasteiger partial charge on any atom is -0.394 e. The van der Waals surface area contributed by atoms with E-state index in [4.69, 9.17) is 62.8 Å². The fourth-order valence-corrected chi connectivity index (χ4v) is 7.15. The summed E-state index contributed by atoms with van der Waals surface area (Å²) in [6.45, 7) is -1.14. The molecule has 1 amide bonds. The summed E-state index contributed by atoms with van der Waals surface area (Å²) in [5.74, 6) is -0.799. The Bertz CT molecular complexity index is 1140. The van der Waals surface area contributed by atoms with Crippen molar-refractivity contribution in [1.82, 2.24) is 5.32 Å². The van der Waals surface area contributed by atoms with Crippen LogP contribution < -0.4 is 39.7 Å². The number of nitrogens with two attached hydrogens (primary N) is 6. The van der Waals surface area contributed by atoms with E-state index in [1.807, 2.05) is 0 Å². The molecule has 3 aliphatic heterocycles. The molecular formula is C28H53N7O15.